The highest BCUT2D eigenvalue weighted by Crippen LogP contribution is 2.37. The third kappa shape index (κ3) is 6.70. The summed E-state index contributed by atoms with van der Waals surface area (Å²) in [6.07, 6.45) is 7.67. The minimum absolute atomic E-state index is 0.804. The first kappa shape index (κ1) is 21.5. The van der Waals surface area contributed by atoms with Gasteiger partial charge in [0.25, 0.3) is 0 Å². The van der Waals surface area contributed by atoms with Gasteiger partial charge in [-0.3, -0.25) is 0 Å². The van der Waals surface area contributed by atoms with E-state index < -0.39 is 0 Å². The predicted molar refractivity (Wildman–Crippen MR) is 118 cm³/mol. The molecule has 0 unspecified atom stereocenters. The summed E-state index contributed by atoms with van der Waals surface area (Å²) in [7, 11) is 0. The highest BCUT2D eigenvalue weighted by Gasteiger charge is 2.13. The van der Waals surface area contributed by atoms with Crippen molar-refractivity contribution in [2.24, 2.45) is 0 Å². The van der Waals surface area contributed by atoms with Gasteiger partial charge in [0.1, 0.15) is 5.75 Å². The fourth-order valence-corrected chi connectivity index (χ4v) is 3.71. The molecule has 0 fully saturated rings. The van der Waals surface area contributed by atoms with E-state index in [4.69, 9.17) is 4.74 Å². The summed E-state index contributed by atoms with van der Waals surface area (Å²) >= 11 is 0. The topological polar surface area (TPSA) is 21.3 Å². The van der Waals surface area contributed by atoms with Crippen LogP contribution in [0.2, 0.25) is 0 Å². The largest absolute Gasteiger partial charge is 0.493 e. The van der Waals surface area contributed by atoms with E-state index in [1.165, 1.54) is 59.9 Å². The lowest BCUT2D eigenvalue weighted by Gasteiger charge is -2.18. The Bertz CT molecular complexity index is 672. The molecule has 0 spiro atoms. The molecular formula is C25H37NO. The van der Waals surface area contributed by atoms with E-state index in [1.54, 1.807) is 0 Å². The normalized spacial score (nSPS) is 11.0. The van der Waals surface area contributed by atoms with Crippen molar-refractivity contribution in [3.8, 4) is 16.9 Å². The minimum Gasteiger partial charge on any atom is -0.493 e. The minimum atomic E-state index is 0.804. The second-order valence-corrected chi connectivity index (χ2v) is 7.54. The van der Waals surface area contributed by atoms with Gasteiger partial charge in [-0.25, -0.2) is 0 Å². The zero-order valence-electron chi connectivity index (χ0n) is 17.7. The van der Waals surface area contributed by atoms with E-state index in [0.717, 1.165) is 31.9 Å². The highest BCUT2D eigenvalue weighted by molar-refractivity contribution is 5.78. The van der Waals surface area contributed by atoms with Crippen molar-refractivity contribution < 1.29 is 4.74 Å². The Morgan fingerprint density at radius 3 is 1.93 bits per heavy atom. The SMILES string of the molecule is CCNCCCCCCCCOc1cccc(C)c1-c1c(C)cccc1C. The van der Waals surface area contributed by atoms with E-state index >= 15 is 0 Å². The van der Waals surface area contributed by atoms with Gasteiger partial charge in [-0.2, -0.15) is 0 Å². The first-order valence-electron chi connectivity index (χ1n) is 10.6. The number of hydrogen-bond donors (Lipinski definition) is 1. The summed E-state index contributed by atoms with van der Waals surface area (Å²) in [5.74, 6) is 1.03. The van der Waals surface area contributed by atoms with Crippen LogP contribution in [0.3, 0.4) is 0 Å². The molecule has 1 N–H and O–H groups in total. The molecule has 0 saturated heterocycles. The molecule has 2 aromatic carbocycles. The number of ether oxygens (including phenoxy) is 1. The van der Waals surface area contributed by atoms with Gasteiger partial charge >= 0.3 is 0 Å². The predicted octanol–water partition coefficient (Wildman–Crippen LogP) is 6.61. The Morgan fingerprint density at radius 1 is 0.704 bits per heavy atom. The molecule has 2 heteroatoms. The molecule has 0 bridgehead atoms. The number of rotatable bonds is 12. The van der Waals surface area contributed by atoms with Crippen molar-refractivity contribution in [1.29, 1.82) is 0 Å². The molecule has 2 aromatic rings. The highest BCUT2D eigenvalue weighted by atomic mass is 16.5. The van der Waals surface area contributed by atoms with Gasteiger partial charge < -0.3 is 10.1 Å². The maximum absolute atomic E-state index is 6.23. The van der Waals surface area contributed by atoms with Crippen molar-refractivity contribution in [2.45, 2.75) is 66.2 Å². The quantitative estimate of drug-likeness (QED) is 0.426. The van der Waals surface area contributed by atoms with Crippen LogP contribution >= 0.6 is 0 Å². The van der Waals surface area contributed by atoms with Gasteiger partial charge in [0, 0.05) is 5.56 Å². The molecule has 0 radical (unpaired) electrons. The van der Waals surface area contributed by atoms with Crippen LogP contribution in [0, 0.1) is 20.8 Å². The number of nitrogens with one attached hydrogen (secondary N) is 1. The fraction of sp³-hybridized carbons (Fsp3) is 0.520. The van der Waals surface area contributed by atoms with Crippen LogP contribution in [0.5, 0.6) is 5.75 Å². The maximum Gasteiger partial charge on any atom is 0.127 e. The summed E-state index contributed by atoms with van der Waals surface area (Å²) in [6, 6.07) is 12.9. The second kappa shape index (κ2) is 11.8. The van der Waals surface area contributed by atoms with Gasteiger partial charge in [-0.1, -0.05) is 62.9 Å². The summed E-state index contributed by atoms with van der Waals surface area (Å²) in [6.45, 7) is 11.8. The van der Waals surface area contributed by atoms with Crippen LogP contribution in [0.25, 0.3) is 11.1 Å². The first-order valence-corrected chi connectivity index (χ1v) is 10.6. The third-order valence-electron chi connectivity index (χ3n) is 5.22. The number of benzene rings is 2. The summed E-state index contributed by atoms with van der Waals surface area (Å²) in [4.78, 5) is 0. The molecule has 2 nitrogen and oxygen atoms in total. The van der Waals surface area contributed by atoms with Crippen LogP contribution < -0.4 is 10.1 Å². The Balaban J connectivity index is 1.85. The third-order valence-corrected chi connectivity index (χ3v) is 5.22. The molecule has 148 valence electrons. The summed E-state index contributed by atoms with van der Waals surface area (Å²) in [5, 5.41) is 3.39. The molecule has 27 heavy (non-hydrogen) atoms. The van der Waals surface area contributed by atoms with Crippen molar-refractivity contribution in [2.75, 3.05) is 19.7 Å². The molecule has 0 aromatic heterocycles. The van der Waals surface area contributed by atoms with Crippen molar-refractivity contribution >= 4 is 0 Å². The molecule has 0 saturated carbocycles. The summed E-state index contributed by atoms with van der Waals surface area (Å²) < 4.78 is 6.23. The fourth-order valence-electron chi connectivity index (χ4n) is 3.71. The molecule has 0 heterocycles. The number of hydrogen-bond acceptors (Lipinski definition) is 2. The van der Waals surface area contributed by atoms with Crippen LogP contribution in [0.1, 0.15) is 62.1 Å². The lowest BCUT2D eigenvalue weighted by Crippen LogP contribution is -2.13. The van der Waals surface area contributed by atoms with Gasteiger partial charge in [0.15, 0.2) is 0 Å². The van der Waals surface area contributed by atoms with Gasteiger partial charge in [0.05, 0.1) is 6.61 Å². The molecule has 0 amide bonds. The van der Waals surface area contributed by atoms with Gasteiger partial charge in [-0.15, -0.1) is 0 Å². The van der Waals surface area contributed by atoms with E-state index in [-0.39, 0.29) is 0 Å². The first-order chi connectivity index (χ1) is 13.1. The Hall–Kier alpha value is -1.80. The zero-order valence-corrected chi connectivity index (χ0v) is 17.7. The molecule has 2 rings (SSSR count). The van der Waals surface area contributed by atoms with Crippen LogP contribution in [0.15, 0.2) is 36.4 Å². The average Bonchev–Trinajstić information content (AvgIpc) is 2.65. The van der Waals surface area contributed by atoms with E-state index in [2.05, 4.69) is 69.4 Å². The van der Waals surface area contributed by atoms with Gasteiger partial charge in [0.2, 0.25) is 0 Å². The Morgan fingerprint density at radius 2 is 1.26 bits per heavy atom. The standard InChI is InChI=1S/C25H37NO/c1-5-26-18-10-8-6-7-9-11-19-27-23-17-13-16-22(4)25(23)24-20(2)14-12-15-21(24)3/h12-17,26H,5-11,18-19H2,1-4H3. The lowest BCUT2D eigenvalue weighted by atomic mass is 9.92. The summed E-state index contributed by atoms with van der Waals surface area (Å²) in [5.41, 5.74) is 6.49. The Labute approximate surface area is 166 Å². The van der Waals surface area contributed by atoms with Crippen molar-refractivity contribution in [1.82, 2.24) is 5.32 Å². The van der Waals surface area contributed by atoms with E-state index in [9.17, 15) is 0 Å². The molecule has 0 aliphatic heterocycles. The second-order valence-electron chi connectivity index (χ2n) is 7.54. The monoisotopic (exact) mass is 367 g/mol. The maximum atomic E-state index is 6.23. The van der Waals surface area contributed by atoms with Crippen LogP contribution in [-0.4, -0.2) is 19.7 Å². The number of aryl methyl sites for hydroxylation is 3. The Kier molecular flexibility index (Phi) is 9.41. The van der Waals surface area contributed by atoms with Gasteiger partial charge in [-0.05, 0) is 75.0 Å². The molecule has 0 aliphatic carbocycles. The van der Waals surface area contributed by atoms with Crippen molar-refractivity contribution in [3.63, 3.8) is 0 Å². The molecule has 0 atom stereocenters. The number of unbranched alkanes of at least 4 members (excludes halogenated alkanes) is 5. The zero-order chi connectivity index (χ0) is 19.5. The molecular weight excluding hydrogens is 330 g/mol. The van der Waals surface area contributed by atoms with Crippen LogP contribution in [-0.2, 0) is 0 Å². The average molecular weight is 368 g/mol. The van der Waals surface area contributed by atoms with E-state index in [1.807, 2.05) is 0 Å². The smallest absolute Gasteiger partial charge is 0.127 e. The van der Waals surface area contributed by atoms with E-state index in [0.29, 0.717) is 0 Å². The van der Waals surface area contributed by atoms with Crippen LogP contribution in [0.4, 0.5) is 0 Å². The van der Waals surface area contributed by atoms with Crippen molar-refractivity contribution in [3.05, 3.63) is 53.1 Å². The molecule has 0 aliphatic rings. The lowest BCUT2D eigenvalue weighted by molar-refractivity contribution is 0.305.